The van der Waals surface area contributed by atoms with Crippen molar-refractivity contribution in [1.29, 1.82) is 0 Å². The molecule has 0 aliphatic heterocycles. The number of H-pyrrole nitrogens is 1. The number of nitrogens with zero attached hydrogens (tertiary/aromatic N) is 1. The van der Waals surface area contributed by atoms with Gasteiger partial charge in [-0.3, -0.25) is 5.10 Å². The quantitative estimate of drug-likeness (QED) is 0.755. The summed E-state index contributed by atoms with van der Waals surface area (Å²) in [5, 5.41) is 15.7. The molecule has 2 aromatic rings. The monoisotopic (exact) mass is 264 g/mol. The number of rotatable bonds is 7. The van der Waals surface area contributed by atoms with Gasteiger partial charge in [-0.05, 0) is 43.2 Å². The third-order valence-electron chi connectivity index (χ3n) is 2.73. The molecule has 2 N–H and O–H groups in total. The molecule has 0 fully saturated rings. The van der Waals surface area contributed by atoms with Crippen molar-refractivity contribution in [3.8, 4) is 11.3 Å². The van der Waals surface area contributed by atoms with Gasteiger partial charge in [-0.25, -0.2) is 4.39 Å². The van der Waals surface area contributed by atoms with Crippen molar-refractivity contribution in [2.75, 3.05) is 13.2 Å². The smallest absolute Gasteiger partial charge is 0.123 e. The SMILES string of the molecule is OCCCCOCc1cc(-c2ccc(F)cc2)n[nH]1. The van der Waals surface area contributed by atoms with Crippen LogP contribution in [0.4, 0.5) is 4.39 Å². The lowest BCUT2D eigenvalue weighted by molar-refractivity contribution is 0.110. The van der Waals surface area contributed by atoms with Crippen molar-refractivity contribution in [3.63, 3.8) is 0 Å². The second-order valence-electron chi connectivity index (χ2n) is 4.27. The van der Waals surface area contributed by atoms with Gasteiger partial charge >= 0.3 is 0 Å². The topological polar surface area (TPSA) is 58.1 Å². The first-order valence-corrected chi connectivity index (χ1v) is 6.28. The molecule has 0 aliphatic carbocycles. The Morgan fingerprint density at radius 3 is 2.74 bits per heavy atom. The Labute approximate surface area is 111 Å². The first kappa shape index (κ1) is 13.7. The van der Waals surface area contributed by atoms with Crippen LogP contribution in [0.5, 0.6) is 0 Å². The Balaban J connectivity index is 1.86. The number of ether oxygens (including phenoxy) is 1. The zero-order valence-corrected chi connectivity index (χ0v) is 10.6. The third kappa shape index (κ3) is 4.15. The third-order valence-corrected chi connectivity index (χ3v) is 2.73. The number of aliphatic hydroxyl groups is 1. The summed E-state index contributed by atoms with van der Waals surface area (Å²) < 4.78 is 18.3. The van der Waals surface area contributed by atoms with E-state index in [0.29, 0.717) is 13.2 Å². The summed E-state index contributed by atoms with van der Waals surface area (Å²) in [6.07, 6.45) is 1.60. The Bertz CT molecular complexity index is 496. The van der Waals surface area contributed by atoms with Gasteiger partial charge in [-0.15, -0.1) is 0 Å². The molecule has 0 saturated carbocycles. The van der Waals surface area contributed by atoms with Crippen LogP contribution in [0.15, 0.2) is 30.3 Å². The number of hydrogen-bond acceptors (Lipinski definition) is 3. The van der Waals surface area contributed by atoms with Crippen LogP contribution < -0.4 is 0 Å². The van der Waals surface area contributed by atoms with Crippen molar-refractivity contribution in [2.45, 2.75) is 19.4 Å². The van der Waals surface area contributed by atoms with E-state index in [2.05, 4.69) is 10.2 Å². The fraction of sp³-hybridized carbons (Fsp3) is 0.357. The Morgan fingerprint density at radius 2 is 2.00 bits per heavy atom. The molecule has 5 heteroatoms. The summed E-state index contributed by atoms with van der Waals surface area (Å²) in [6.45, 7) is 1.27. The van der Waals surface area contributed by atoms with Crippen LogP contribution in [0.25, 0.3) is 11.3 Å². The van der Waals surface area contributed by atoms with Crippen LogP contribution in [-0.4, -0.2) is 28.5 Å². The molecule has 1 aromatic heterocycles. The van der Waals surface area contributed by atoms with Crippen molar-refractivity contribution in [3.05, 3.63) is 41.8 Å². The maximum Gasteiger partial charge on any atom is 0.123 e. The molecule has 0 aliphatic rings. The number of nitrogens with one attached hydrogen (secondary N) is 1. The minimum absolute atomic E-state index is 0.197. The van der Waals surface area contributed by atoms with Gasteiger partial charge in [0.2, 0.25) is 0 Å². The fourth-order valence-corrected chi connectivity index (χ4v) is 1.70. The average molecular weight is 264 g/mol. The van der Waals surface area contributed by atoms with Crippen LogP contribution in [0.3, 0.4) is 0 Å². The molecule has 0 unspecified atom stereocenters. The molecule has 0 atom stereocenters. The molecule has 4 nitrogen and oxygen atoms in total. The van der Waals surface area contributed by atoms with Crippen LogP contribution in [0.2, 0.25) is 0 Å². The van der Waals surface area contributed by atoms with Crippen LogP contribution in [-0.2, 0) is 11.3 Å². The molecule has 0 saturated heterocycles. The molecule has 0 bridgehead atoms. The van der Waals surface area contributed by atoms with E-state index in [4.69, 9.17) is 9.84 Å². The summed E-state index contributed by atoms with van der Waals surface area (Å²) in [5.41, 5.74) is 2.52. The molecule has 1 aromatic carbocycles. The lowest BCUT2D eigenvalue weighted by Gasteiger charge is -2.00. The number of aliphatic hydroxyl groups excluding tert-OH is 1. The lowest BCUT2D eigenvalue weighted by Crippen LogP contribution is -1.97. The highest BCUT2D eigenvalue weighted by Crippen LogP contribution is 2.18. The van der Waals surface area contributed by atoms with E-state index >= 15 is 0 Å². The van der Waals surface area contributed by atoms with Crippen LogP contribution in [0.1, 0.15) is 18.5 Å². The van der Waals surface area contributed by atoms with Gasteiger partial charge in [-0.2, -0.15) is 5.10 Å². The van der Waals surface area contributed by atoms with E-state index in [1.54, 1.807) is 12.1 Å². The van der Waals surface area contributed by atoms with Gasteiger partial charge < -0.3 is 9.84 Å². The molecule has 2 rings (SSSR count). The van der Waals surface area contributed by atoms with Crippen LogP contribution >= 0.6 is 0 Å². The highest BCUT2D eigenvalue weighted by atomic mass is 19.1. The number of hydrogen-bond donors (Lipinski definition) is 2. The standard InChI is InChI=1S/C14H17FN2O2/c15-12-5-3-11(4-6-12)14-9-13(16-17-14)10-19-8-2-1-7-18/h3-6,9,18H,1-2,7-8,10H2,(H,16,17). The number of aromatic amines is 1. The second-order valence-corrected chi connectivity index (χ2v) is 4.27. The van der Waals surface area contributed by atoms with E-state index < -0.39 is 0 Å². The van der Waals surface area contributed by atoms with Crippen LogP contribution in [0, 0.1) is 5.82 Å². The van der Waals surface area contributed by atoms with Gasteiger partial charge in [0.15, 0.2) is 0 Å². The Kier molecular flexibility index (Phi) is 5.06. The van der Waals surface area contributed by atoms with E-state index in [1.165, 1.54) is 12.1 Å². The minimum atomic E-state index is -0.258. The molecule has 0 spiro atoms. The van der Waals surface area contributed by atoms with Gasteiger partial charge in [0.05, 0.1) is 18.0 Å². The largest absolute Gasteiger partial charge is 0.396 e. The molecular formula is C14H17FN2O2. The summed E-state index contributed by atoms with van der Waals surface area (Å²) in [7, 11) is 0. The first-order valence-electron chi connectivity index (χ1n) is 6.28. The maximum atomic E-state index is 12.8. The van der Waals surface area contributed by atoms with E-state index in [-0.39, 0.29) is 12.4 Å². The van der Waals surface area contributed by atoms with Gasteiger partial charge in [0.1, 0.15) is 5.82 Å². The van der Waals surface area contributed by atoms with E-state index in [1.807, 2.05) is 6.07 Å². The molecule has 19 heavy (non-hydrogen) atoms. The predicted octanol–water partition coefficient (Wildman–Crippen LogP) is 2.50. The molecular weight excluding hydrogens is 247 g/mol. The van der Waals surface area contributed by atoms with E-state index in [9.17, 15) is 4.39 Å². The zero-order valence-electron chi connectivity index (χ0n) is 10.6. The molecule has 0 radical (unpaired) electrons. The normalized spacial score (nSPS) is 10.8. The Morgan fingerprint density at radius 1 is 1.21 bits per heavy atom. The fourth-order valence-electron chi connectivity index (χ4n) is 1.70. The van der Waals surface area contributed by atoms with Crippen molar-refractivity contribution in [1.82, 2.24) is 10.2 Å². The minimum Gasteiger partial charge on any atom is -0.396 e. The predicted molar refractivity (Wildman–Crippen MR) is 70.0 cm³/mol. The van der Waals surface area contributed by atoms with Crippen molar-refractivity contribution in [2.24, 2.45) is 0 Å². The average Bonchev–Trinajstić information content (AvgIpc) is 2.88. The summed E-state index contributed by atoms with van der Waals surface area (Å²) in [5.74, 6) is -0.258. The van der Waals surface area contributed by atoms with Crippen molar-refractivity contribution < 1.29 is 14.2 Å². The highest BCUT2D eigenvalue weighted by molar-refractivity contribution is 5.58. The van der Waals surface area contributed by atoms with Gasteiger partial charge in [-0.1, -0.05) is 0 Å². The number of unbranched alkanes of at least 4 members (excludes halogenated alkanes) is 1. The first-order chi connectivity index (χ1) is 9.29. The maximum absolute atomic E-state index is 12.8. The Hall–Kier alpha value is -1.72. The number of halogens is 1. The molecule has 0 amide bonds. The van der Waals surface area contributed by atoms with E-state index in [0.717, 1.165) is 29.8 Å². The van der Waals surface area contributed by atoms with Gasteiger partial charge in [0, 0.05) is 18.8 Å². The summed E-state index contributed by atoms with van der Waals surface area (Å²) in [4.78, 5) is 0. The lowest BCUT2D eigenvalue weighted by atomic mass is 10.1. The summed E-state index contributed by atoms with van der Waals surface area (Å²) in [6, 6.07) is 8.10. The summed E-state index contributed by atoms with van der Waals surface area (Å²) >= 11 is 0. The molecule has 1 heterocycles. The van der Waals surface area contributed by atoms with Gasteiger partial charge in [0.25, 0.3) is 0 Å². The number of benzene rings is 1. The second kappa shape index (κ2) is 7.01. The molecule has 102 valence electrons. The zero-order chi connectivity index (χ0) is 13.5. The van der Waals surface area contributed by atoms with Crippen molar-refractivity contribution >= 4 is 0 Å². The number of aromatic nitrogens is 2. The highest BCUT2D eigenvalue weighted by Gasteiger charge is 2.04.